The molecule has 144 valence electrons. The summed E-state index contributed by atoms with van der Waals surface area (Å²) < 4.78 is 5.46. The second-order valence-corrected chi connectivity index (χ2v) is 7.80. The molecule has 0 amide bonds. The Labute approximate surface area is 167 Å². The molecule has 1 saturated heterocycles. The largest absolute Gasteiger partial charge is 0.370 e. The molecule has 0 aromatic heterocycles. The Kier molecular flexibility index (Phi) is 7.21. The Morgan fingerprint density at radius 2 is 1.70 bits per heavy atom. The number of ether oxygens (including phenoxy) is 1. The van der Waals surface area contributed by atoms with Crippen LogP contribution >= 0.6 is 12.2 Å². The number of thiocarbonyl (C=S) groups is 1. The van der Waals surface area contributed by atoms with Crippen LogP contribution in [0.5, 0.6) is 0 Å². The average molecular weight is 385 g/mol. The Morgan fingerprint density at radius 3 is 2.37 bits per heavy atom. The van der Waals surface area contributed by atoms with E-state index in [1.165, 1.54) is 16.7 Å². The fraction of sp³-hybridized carbons (Fsp3) is 0.409. The van der Waals surface area contributed by atoms with E-state index < -0.39 is 0 Å². The number of anilines is 1. The summed E-state index contributed by atoms with van der Waals surface area (Å²) in [5.74, 6) is 0.536. The molecular weight excluding hydrogens is 354 g/mol. The van der Waals surface area contributed by atoms with E-state index in [2.05, 4.69) is 73.0 Å². The first kappa shape index (κ1) is 19.8. The topological polar surface area (TPSA) is 37.7 Å². The molecule has 1 fully saturated rings. The molecule has 2 aromatic rings. The molecule has 0 atom stereocenters. The van der Waals surface area contributed by atoms with Crippen molar-refractivity contribution in [3.05, 3.63) is 65.2 Å². The van der Waals surface area contributed by atoms with Gasteiger partial charge in [-0.1, -0.05) is 50.2 Å². The number of rotatable bonds is 6. The number of morpholine rings is 1. The zero-order valence-electron chi connectivity index (χ0n) is 16.3. The van der Waals surface area contributed by atoms with Crippen LogP contribution in [0.1, 0.15) is 36.5 Å². The van der Waals surface area contributed by atoms with Crippen LogP contribution in [0, 0.1) is 0 Å². The van der Waals surface area contributed by atoms with E-state index in [4.69, 9.17) is 17.0 Å². The van der Waals surface area contributed by atoms with Gasteiger partial charge in [-0.25, -0.2) is 0 Å². The van der Waals surface area contributed by atoms with E-state index >= 15 is 0 Å². The lowest BCUT2D eigenvalue weighted by molar-refractivity contribution is -0.921. The lowest BCUT2D eigenvalue weighted by Gasteiger charge is -2.24. The SMILES string of the molecule is CC(C)c1ccc(NC(=S)NCc2ccccc2C[NH+]2CCOCC2)cc1. The van der Waals surface area contributed by atoms with E-state index in [-0.39, 0.29) is 0 Å². The van der Waals surface area contributed by atoms with Crippen LogP contribution in [0.15, 0.2) is 48.5 Å². The van der Waals surface area contributed by atoms with E-state index in [1.807, 2.05) is 0 Å². The third kappa shape index (κ3) is 6.03. The quantitative estimate of drug-likeness (QED) is 0.670. The van der Waals surface area contributed by atoms with Crippen molar-refractivity contribution in [2.24, 2.45) is 0 Å². The maximum atomic E-state index is 5.48. The summed E-state index contributed by atoms with van der Waals surface area (Å²) in [4.78, 5) is 1.58. The summed E-state index contributed by atoms with van der Waals surface area (Å²) in [6, 6.07) is 17.1. The second-order valence-electron chi connectivity index (χ2n) is 7.39. The van der Waals surface area contributed by atoms with Gasteiger partial charge in [0.25, 0.3) is 0 Å². The highest BCUT2D eigenvalue weighted by molar-refractivity contribution is 7.80. The normalized spacial score (nSPS) is 14.9. The predicted octanol–water partition coefficient (Wildman–Crippen LogP) is 2.71. The van der Waals surface area contributed by atoms with E-state index in [1.54, 1.807) is 4.90 Å². The van der Waals surface area contributed by atoms with Gasteiger partial charge in [-0.3, -0.25) is 0 Å². The van der Waals surface area contributed by atoms with Crippen LogP contribution in [-0.2, 0) is 17.8 Å². The summed E-state index contributed by atoms with van der Waals surface area (Å²) in [5, 5.41) is 7.28. The first-order chi connectivity index (χ1) is 13.1. The van der Waals surface area contributed by atoms with Gasteiger partial charge in [0.05, 0.1) is 13.2 Å². The molecule has 3 rings (SSSR count). The highest BCUT2D eigenvalue weighted by atomic mass is 32.1. The van der Waals surface area contributed by atoms with Crippen LogP contribution in [0.3, 0.4) is 0 Å². The molecular formula is C22H30N3OS+. The summed E-state index contributed by atoms with van der Waals surface area (Å²) in [6.07, 6.45) is 0. The molecule has 4 nitrogen and oxygen atoms in total. The molecule has 3 N–H and O–H groups in total. The van der Waals surface area contributed by atoms with E-state index in [0.717, 1.165) is 45.1 Å². The number of benzene rings is 2. The highest BCUT2D eigenvalue weighted by Crippen LogP contribution is 2.17. The van der Waals surface area contributed by atoms with Gasteiger partial charge < -0.3 is 20.3 Å². The van der Waals surface area contributed by atoms with Crippen molar-refractivity contribution in [2.45, 2.75) is 32.9 Å². The third-order valence-corrected chi connectivity index (χ3v) is 5.28. The average Bonchev–Trinajstić information content (AvgIpc) is 2.68. The zero-order valence-corrected chi connectivity index (χ0v) is 17.1. The van der Waals surface area contributed by atoms with Crippen LogP contribution in [0.4, 0.5) is 5.69 Å². The third-order valence-electron chi connectivity index (χ3n) is 5.03. The lowest BCUT2D eigenvalue weighted by Crippen LogP contribution is -3.12. The van der Waals surface area contributed by atoms with Crippen molar-refractivity contribution < 1.29 is 9.64 Å². The molecule has 27 heavy (non-hydrogen) atoms. The van der Waals surface area contributed by atoms with Gasteiger partial charge in [-0.15, -0.1) is 0 Å². The van der Waals surface area contributed by atoms with E-state index in [9.17, 15) is 0 Å². The van der Waals surface area contributed by atoms with Crippen molar-refractivity contribution in [2.75, 3.05) is 31.6 Å². The monoisotopic (exact) mass is 384 g/mol. The van der Waals surface area contributed by atoms with Crippen molar-refractivity contribution in [1.82, 2.24) is 5.32 Å². The van der Waals surface area contributed by atoms with Crippen LogP contribution in [-0.4, -0.2) is 31.4 Å². The maximum Gasteiger partial charge on any atom is 0.171 e. The van der Waals surface area contributed by atoms with Gasteiger partial charge in [0.15, 0.2) is 5.11 Å². The summed E-state index contributed by atoms with van der Waals surface area (Å²) >= 11 is 5.48. The molecule has 1 heterocycles. The first-order valence-electron chi connectivity index (χ1n) is 9.74. The van der Waals surface area contributed by atoms with Crippen molar-refractivity contribution >= 4 is 23.0 Å². The van der Waals surface area contributed by atoms with Gasteiger partial charge in [0.2, 0.25) is 0 Å². The summed E-state index contributed by atoms with van der Waals surface area (Å²) in [7, 11) is 0. The Bertz CT molecular complexity index is 739. The maximum absolute atomic E-state index is 5.48. The Morgan fingerprint density at radius 1 is 1.04 bits per heavy atom. The standard InChI is InChI=1S/C22H29N3OS/c1-17(2)18-7-9-21(10-8-18)24-22(27)23-15-19-5-3-4-6-20(19)16-25-11-13-26-14-12-25/h3-10,17H,11-16H2,1-2H3,(H2,23,24,27)/p+1. The van der Waals surface area contributed by atoms with Gasteiger partial charge in [0, 0.05) is 17.8 Å². The number of hydrogen-bond acceptors (Lipinski definition) is 2. The molecule has 2 aromatic carbocycles. The Balaban J connectivity index is 1.53. The second kappa shape index (κ2) is 9.83. The lowest BCUT2D eigenvalue weighted by atomic mass is 10.0. The van der Waals surface area contributed by atoms with Gasteiger partial charge >= 0.3 is 0 Å². The van der Waals surface area contributed by atoms with Gasteiger partial charge in [0.1, 0.15) is 19.6 Å². The van der Waals surface area contributed by atoms with Crippen LogP contribution in [0.25, 0.3) is 0 Å². The fourth-order valence-corrected chi connectivity index (χ4v) is 3.50. The van der Waals surface area contributed by atoms with Crippen molar-refractivity contribution in [3.63, 3.8) is 0 Å². The van der Waals surface area contributed by atoms with Crippen molar-refractivity contribution in [3.8, 4) is 0 Å². The van der Waals surface area contributed by atoms with E-state index in [0.29, 0.717) is 11.0 Å². The molecule has 0 aliphatic carbocycles. The number of hydrogen-bond donors (Lipinski definition) is 3. The molecule has 1 aliphatic rings. The minimum atomic E-state index is 0.536. The smallest absolute Gasteiger partial charge is 0.171 e. The van der Waals surface area contributed by atoms with Gasteiger partial charge in [-0.2, -0.15) is 0 Å². The van der Waals surface area contributed by atoms with Crippen LogP contribution in [0.2, 0.25) is 0 Å². The summed E-state index contributed by atoms with van der Waals surface area (Å²) in [6.45, 7) is 10.0. The molecule has 0 saturated carbocycles. The first-order valence-corrected chi connectivity index (χ1v) is 10.2. The number of nitrogens with one attached hydrogen (secondary N) is 3. The molecule has 0 unspecified atom stereocenters. The molecule has 0 radical (unpaired) electrons. The summed E-state index contributed by atoms with van der Waals surface area (Å²) in [5.41, 5.74) is 5.03. The zero-order chi connectivity index (χ0) is 19.1. The van der Waals surface area contributed by atoms with Gasteiger partial charge in [-0.05, 0) is 41.4 Å². The fourth-order valence-electron chi connectivity index (χ4n) is 3.31. The van der Waals surface area contributed by atoms with Crippen LogP contribution < -0.4 is 15.5 Å². The molecule has 1 aliphatic heterocycles. The molecule has 0 bridgehead atoms. The number of quaternary nitrogens is 1. The minimum absolute atomic E-state index is 0.536. The van der Waals surface area contributed by atoms with Crippen molar-refractivity contribution in [1.29, 1.82) is 0 Å². The minimum Gasteiger partial charge on any atom is -0.370 e. The molecule has 0 spiro atoms. The highest BCUT2D eigenvalue weighted by Gasteiger charge is 2.15. The molecule has 5 heteroatoms. The Hall–Kier alpha value is -1.95. The predicted molar refractivity (Wildman–Crippen MR) is 115 cm³/mol.